The fourth-order valence-corrected chi connectivity index (χ4v) is 3.33. The highest BCUT2D eigenvalue weighted by Crippen LogP contribution is 2.26. The molecule has 4 rings (SSSR count). The normalized spacial score (nSPS) is 11.5. The van der Waals surface area contributed by atoms with Crippen molar-refractivity contribution in [3.05, 3.63) is 70.1 Å². The minimum absolute atomic E-state index is 0.0752. The number of fused-ring (bicyclic) bond motifs is 3. The Morgan fingerprint density at radius 1 is 1.00 bits per heavy atom. The minimum Gasteiger partial charge on any atom is -0.336 e. The van der Waals surface area contributed by atoms with Crippen molar-refractivity contribution >= 4 is 21.8 Å². The number of para-hydroxylation sites is 1. The Labute approximate surface area is 140 Å². The fraction of sp³-hybridized carbons (Fsp3) is 0.200. The van der Waals surface area contributed by atoms with E-state index in [1.165, 1.54) is 10.2 Å². The van der Waals surface area contributed by atoms with E-state index in [0.29, 0.717) is 5.52 Å². The lowest BCUT2D eigenvalue weighted by Gasteiger charge is -2.08. The Morgan fingerprint density at radius 2 is 1.79 bits per heavy atom. The van der Waals surface area contributed by atoms with Gasteiger partial charge < -0.3 is 4.57 Å². The van der Waals surface area contributed by atoms with E-state index in [1.807, 2.05) is 43.3 Å². The summed E-state index contributed by atoms with van der Waals surface area (Å²) in [6.45, 7) is 6.92. The van der Waals surface area contributed by atoms with E-state index in [2.05, 4.69) is 29.6 Å². The van der Waals surface area contributed by atoms with Crippen molar-refractivity contribution in [2.45, 2.75) is 27.3 Å². The molecule has 4 nitrogen and oxygen atoms in total. The van der Waals surface area contributed by atoms with E-state index in [0.717, 1.165) is 34.1 Å². The Bertz CT molecular complexity index is 1130. The summed E-state index contributed by atoms with van der Waals surface area (Å²) in [5, 5.41) is 6.43. The molecule has 0 saturated heterocycles. The third-order valence-electron chi connectivity index (χ3n) is 4.76. The minimum atomic E-state index is -0.0752. The Hall–Kier alpha value is -2.88. The summed E-state index contributed by atoms with van der Waals surface area (Å²) in [7, 11) is 0. The van der Waals surface area contributed by atoms with Crippen LogP contribution in [0.5, 0.6) is 0 Å². The average molecular weight is 317 g/mol. The predicted molar refractivity (Wildman–Crippen MR) is 98.0 cm³/mol. The van der Waals surface area contributed by atoms with E-state index in [-0.39, 0.29) is 5.56 Å². The fourth-order valence-electron chi connectivity index (χ4n) is 3.33. The maximum absolute atomic E-state index is 13.2. The van der Waals surface area contributed by atoms with Gasteiger partial charge in [-0.3, -0.25) is 4.79 Å². The smallest absolute Gasteiger partial charge is 0.296 e. The molecule has 4 aromatic rings. The summed E-state index contributed by atoms with van der Waals surface area (Å²) in [4.78, 5) is 13.2. The molecule has 2 heterocycles. The molecule has 4 heteroatoms. The lowest BCUT2D eigenvalue weighted by molar-refractivity contribution is 0.782. The molecule has 0 bridgehead atoms. The molecule has 0 radical (unpaired) electrons. The number of nitrogens with zero attached hydrogens (tertiary/aromatic N) is 3. The molecule has 0 aliphatic carbocycles. The molecular formula is C20H19N3O. The van der Waals surface area contributed by atoms with Crippen molar-refractivity contribution < 1.29 is 0 Å². The van der Waals surface area contributed by atoms with Crippen molar-refractivity contribution in [3.63, 3.8) is 0 Å². The molecule has 0 N–H and O–H groups in total. The van der Waals surface area contributed by atoms with Gasteiger partial charge in [-0.2, -0.15) is 9.78 Å². The van der Waals surface area contributed by atoms with Crippen molar-refractivity contribution in [1.82, 2.24) is 14.3 Å². The van der Waals surface area contributed by atoms with E-state index < -0.39 is 0 Å². The van der Waals surface area contributed by atoms with Gasteiger partial charge >= 0.3 is 0 Å². The second-order valence-corrected chi connectivity index (χ2v) is 6.15. The van der Waals surface area contributed by atoms with Crippen molar-refractivity contribution in [1.29, 1.82) is 0 Å². The highest BCUT2D eigenvalue weighted by Gasteiger charge is 2.15. The third kappa shape index (κ3) is 1.99. The molecule has 0 spiro atoms. The van der Waals surface area contributed by atoms with Crippen LogP contribution in [0.15, 0.2) is 53.5 Å². The quantitative estimate of drug-likeness (QED) is 0.561. The number of hydrogen-bond acceptors (Lipinski definition) is 2. The zero-order valence-electron chi connectivity index (χ0n) is 14.1. The summed E-state index contributed by atoms with van der Waals surface area (Å²) in [6.07, 6.45) is 1.81. The molecule has 2 aromatic carbocycles. The molecule has 0 aliphatic heterocycles. The third-order valence-corrected chi connectivity index (χ3v) is 4.76. The lowest BCUT2D eigenvalue weighted by Crippen LogP contribution is -2.22. The van der Waals surface area contributed by atoms with Crippen molar-refractivity contribution in [2.75, 3.05) is 0 Å². The first-order valence-electron chi connectivity index (χ1n) is 8.18. The molecule has 0 atom stereocenters. The van der Waals surface area contributed by atoms with Gasteiger partial charge in [0.1, 0.15) is 5.52 Å². The number of aryl methyl sites for hydroxylation is 3. The highest BCUT2D eigenvalue weighted by atomic mass is 16.1. The van der Waals surface area contributed by atoms with Gasteiger partial charge in [0.15, 0.2) is 0 Å². The van der Waals surface area contributed by atoms with Gasteiger partial charge in [0.25, 0.3) is 5.56 Å². The second-order valence-electron chi connectivity index (χ2n) is 6.15. The molecule has 0 fully saturated rings. The zero-order chi connectivity index (χ0) is 16.8. The molecular weight excluding hydrogens is 298 g/mol. The Kier molecular flexibility index (Phi) is 3.27. The van der Waals surface area contributed by atoms with Gasteiger partial charge in [-0.15, -0.1) is 0 Å². The summed E-state index contributed by atoms with van der Waals surface area (Å²) in [5.74, 6) is 0. The van der Waals surface area contributed by atoms with Gasteiger partial charge in [0.2, 0.25) is 0 Å². The maximum Gasteiger partial charge on any atom is 0.296 e. The van der Waals surface area contributed by atoms with Gasteiger partial charge in [0.05, 0.1) is 11.9 Å². The zero-order valence-corrected chi connectivity index (χ0v) is 14.1. The molecule has 0 aliphatic rings. The van der Waals surface area contributed by atoms with Crippen LogP contribution in [0.4, 0.5) is 0 Å². The number of benzene rings is 2. The molecule has 0 saturated carbocycles. The first kappa shape index (κ1) is 14.7. The Balaban J connectivity index is 2.10. The topological polar surface area (TPSA) is 39.8 Å². The maximum atomic E-state index is 13.2. The van der Waals surface area contributed by atoms with Crippen molar-refractivity contribution in [2.24, 2.45) is 0 Å². The van der Waals surface area contributed by atoms with Crippen LogP contribution in [0.25, 0.3) is 27.5 Å². The number of rotatable bonds is 2. The van der Waals surface area contributed by atoms with E-state index in [4.69, 9.17) is 0 Å². The SMILES string of the molecule is CCn1c2ccccc2c2cnn(-c3ccc(C)c(C)c3)c(=O)c21. The lowest BCUT2D eigenvalue weighted by atomic mass is 10.1. The van der Waals surface area contributed by atoms with Crippen LogP contribution < -0.4 is 5.56 Å². The van der Waals surface area contributed by atoms with Crippen LogP contribution in [0.3, 0.4) is 0 Å². The first-order chi connectivity index (χ1) is 11.6. The summed E-state index contributed by atoms with van der Waals surface area (Å²) in [6, 6.07) is 14.1. The van der Waals surface area contributed by atoms with E-state index in [9.17, 15) is 4.79 Å². The van der Waals surface area contributed by atoms with Crippen LogP contribution in [-0.4, -0.2) is 14.3 Å². The van der Waals surface area contributed by atoms with Crippen LogP contribution >= 0.6 is 0 Å². The number of hydrogen-bond donors (Lipinski definition) is 0. The standard InChI is InChI=1S/C20H19N3O/c1-4-22-18-8-6-5-7-16(18)17-12-21-23(20(24)19(17)22)15-10-9-13(2)14(3)11-15/h5-12H,4H2,1-3H3. The second kappa shape index (κ2) is 5.34. The van der Waals surface area contributed by atoms with Gasteiger partial charge in [-0.25, -0.2) is 0 Å². The monoisotopic (exact) mass is 317 g/mol. The van der Waals surface area contributed by atoms with Gasteiger partial charge in [-0.1, -0.05) is 24.3 Å². The highest BCUT2D eigenvalue weighted by molar-refractivity contribution is 6.07. The Morgan fingerprint density at radius 3 is 2.54 bits per heavy atom. The molecule has 0 unspecified atom stereocenters. The molecule has 0 amide bonds. The molecule has 24 heavy (non-hydrogen) atoms. The summed E-state index contributed by atoms with van der Waals surface area (Å²) in [5.41, 5.74) is 4.87. The van der Waals surface area contributed by atoms with Gasteiger partial charge in [-0.05, 0) is 50.1 Å². The van der Waals surface area contributed by atoms with E-state index >= 15 is 0 Å². The van der Waals surface area contributed by atoms with Crippen molar-refractivity contribution in [3.8, 4) is 5.69 Å². The van der Waals surface area contributed by atoms with E-state index in [1.54, 1.807) is 6.20 Å². The molecule has 2 aromatic heterocycles. The number of aromatic nitrogens is 3. The predicted octanol–water partition coefficient (Wildman–Crippen LogP) is 3.98. The first-order valence-corrected chi connectivity index (χ1v) is 8.18. The summed E-state index contributed by atoms with van der Waals surface area (Å²) < 4.78 is 3.58. The largest absolute Gasteiger partial charge is 0.336 e. The van der Waals surface area contributed by atoms with Crippen LogP contribution in [0.1, 0.15) is 18.1 Å². The molecule has 120 valence electrons. The summed E-state index contributed by atoms with van der Waals surface area (Å²) >= 11 is 0. The van der Waals surface area contributed by atoms with Crippen LogP contribution in [0.2, 0.25) is 0 Å². The van der Waals surface area contributed by atoms with Crippen LogP contribution in [0, 0.1) is 13.8 Å². The average Bonchev–Trinajstić information content (AvgIpc) is 2.92. The van der Waals surface area contributed by atoms with Crippen LogP contribution in [-0.2, 0) is 6.54 Å². The van der Waals surface area contributed by atoms with Gasteiger partial charge in [0, 0.05) is 22.8 Å².